The maximum absolute atomic E-state index is 14.0. The topological polar surface area (TPSA) is 33.1 Å². The molecule has 1 heterocycles. The van der Waals surface area contributed by atoms with Crippen molar-refractivity contribution in [1.29, 1.82) is 0 Å². The molecule has 1 N–H and O–H groups in total. The molecule has 2 rings (SSSR count). The Morgan fingerprint density at radius 1 is 1.26 bits per heavy atom. The van der Waals surface area contributed by atoms with E-state index in [0.717, 1.165) is 11.6 Å². The Bertz CT molecular complexity index is 599. The summed E-state index contributed by atoms with van der Waals surface area (Å²) in [4.78, 5) is 4.05. The SMILES string of the molecule is CCc1cccnc1C(O)c1c(F)ccc(C)c1F. The van der Waals surface area contributed by atoms with Gasteiger partial charge in [0.2, 0.25) is 0 Å². The number of hydrogen-bond donors (Lipinski definition) is 1. The maximum atomic E-state index is 14.0. The Balaban J connectivity index is 2.56. The monoisotopic (exact) mass is 263 g/mol. The molecule has 0 aliphatic rings. The van der Waals surface area contributed by atoms with Crippen LogP contribution >= 0.6 is 0 Å². The van der Waals surface area contributed by atoms with Gasteiger partial charge >= 0.3 is 0 Å². The first-order chi connectivity index (χ1) is 9.06. The van der Waals surface area contributed by atoms with Gasteiger partial charge in [-0.1, -0.05) is 19.1 Å². The van der Waals surface area contributed by atoms with Crippen LogP contribution in [0.2, 0.25) is 0 Å². The molecular formula is C15H15F2NO. The summed E-state index contributed by atoms with van der Waals surface area (Å²) >= 11 is 0. The van der Waals surface area contributed by atoms with Gasteiger partial charge in [-0.2, -0.15) is 0 Å². The van der Waals surface area contributed by atoms with Crippen molar-refractivity contribution in [3.63, 3.8) is 0 Å². The van der Waals surface area contributed by atoms with Crippen LogP contribution in [0.1, 0.15) is 35.4 Å². The second-order valence-electron chi connectivity index (χ2n) is 4.40. The van der Waals surface area contributed by atoms with Gasteiger partial charge in [-0.05, 0) is 36.6 Å². The predicted molar refractivity (Wildman–Crippen MR) is 68.8 cm³/mol. The smallest absolute Gasteiger partial charge is 0.135 e. The van der Waals surface area contributed by atoms with Gasteiger partial charge in [0.1, 0.15) is 17.7 Å². The predicted octanol–water partition coefficient (Wildman–Crippen LogP) is 3.31. The van der Waals surface area contributed by atoms with Gasteiger partial charge < -0.3 is 5.11 Å². The standard InChI is InChI=1S/C15H15F2NO/c1-3-10-5-4-8-18-14(10)15(19)12-11(16)7-6-9(2)13(12)17/h4-8,15,19H,3H2,1-2H3. The van der Waals surface area contributed by atoms with Crippen LogP contribution in [0.4, 0.5) is 8.78 Å². The molecule has 4 heteroatoms. The quantitative estimate of drug-likeness (QED) is 0.921. The van der Waals surface area contributed by atoms with Crippen LogP contribution in [0.5, 0.6) is 0 Å². The molecule has 0 aliphatic heterocycles. The summed E-state index contributed by atoms with van der Waals surface area (Å²) < 4.78 is 27.8. The lowest BCUT2D eigenvalue weighted by molar-refractivity contribution is 0.203. The highest BCUT2D eigenvalue weighted by Gasteiger charge is 2.23. The Hall–Kier alpha value is -1.81. The number of pyridine rings is 1. The van der Waals surface area contributed by atoms with Crippen molar-refractivity contribution in [3.8, 4) is 0 Å². The fourth-order valence-corrected chi connectivity index (χ4v) is 2.06. The molecule has 0 spiro atoms. The van der Waals surface area contributed by atoms with Crippen molar-refractivity contribution in [1.82, 2.24) is 4.98 Å². The van der Waals surface area contributed by atoms with Crippen LogP contribution < -0.4 is 0 Å². The molecule has 1 aromatic heterocycles. The molecule has 2 nitrogen and oxygen atoms in total. The number of rotatable bonds is 3. The van der Waals surface area contributed by atoms with Gasteiger partial charge in [-0.15, -0.1) is 0 Å². The van der Waals surface area contributed by atoms with E-state index in [-0.39, 0.29) is 5.56 Å². The van der Waals surface area contributed by atoms with Crippen LogP contribution in [0.25, 0.3) is 0 Å². The zero-order chi connectivity index (χ0) is 14.0. The molecule has 0 saturated carbocycles. The Morgan fingerprint density at radius 3 is 2.68 bits per heavy atom. The molecule has 0 amide bonds. The summed E-state index contributed by atoms with van der Waals surface area (Å²) in [5.41, 5.74) is 1.03. The highest BCUT2D eigenvalue weighted by molar-refractivity contribution is 5.35. The van der Waals surface area contributed by atoms with Gasteiger partial charge in [-0.25, -0.2) is 8.78 Å². The maximum Gasteiger partial charge on any atom is 0.135 e. The van der Waals surface area contributed by atoms with E-state index in [4.69, 9.17) is 0 Å². The molecule has 1 aromatic carbocycles. The summed E-state index contributed by atoms with van der Waals surface area (Å²) in [7, 11) is 0. The van der Waals surface area contributed by atoms with E-state index in [1.54, 1.807) is 12.1 Å². The number of aliphatic hydroxyl groups excluding tert-OH is 1. The number of nitrogens with zero attached hydrogens (tertiary/aromatic N) is 1. The fraction of sp³-hybridized carbons (Fsp3) is 0.267. The molecule has 0 aliphatic carbocycles. The second-order valence-corrected chi connectivity index (χ2v) is 4.40. The van der Waals surface area contributed by atoms with Gasteiger partial charge in [0, 0.05) is 6.20 Å². The summed E-state index contributed by atoms with van der Waals surface area (Å²) in [6, 6.07) is 6.03. The lowest BCUT2D eigenvalue weighted by Crippen LogP contribution is -2.11. The molecule has 0 bridgehead atoms. The first-order valence-corrected chi connectivity index (χ1v) is 6.12. The average Bonchev–Trinajstić information content (AvgIpc) is 2.43. The molecule has 1 unspecified atom stereocenters. The highest BCUT2D eigenvalue weighted by Crippen LogP contribution is 2.29. The minimum Gasteiger partial charge on any atom is -0.382 e. The lowest BCUT2D eigenvalue weighted by atomic mass is 9.98. The Labute approximate surface area is 110 Å². The normalized spacial score (nSPS) is 12.5. The third-order valence-electron chi connectivity index (χ3n) is 3.16. The van der Waals surface area contributed by atoms with Gasteiger partial charge in [0.25, 0.3) is 0 Å². The molecule has 0 fully saturated rings. The van der Waals surface area contributed by atoms with Crippen LogP contribution in [-0.2, 0) is 6.42 Å². The van der Waals surface area contributed by atoms with Crippen LogP contribution in [0.15, 0.2) is 30.5 Å². The number of halogens is 2. The summed E-state index contributed by atoms with van der Waals surface area (Å²) in [6.45, 7) is 3.43. The molecule has 19 heavy (non-hydrogen) atoms. The van der Waals surface area contributed by atoms with E-state index in [1.165, 1.54) is 19.2 Å². The van der Waals surface area contributed by atoms with Crippen LogP contribution in [-0.4, -0.2) is 10.1 Å². The van der Waals surface area contributed by atoms with Crippen molar-refractivity contribution in [2.75, 3.05) is 0 Å². The van der Waals surface area contributed by atoms with Gasteiger partial charge in [0.05, 0.1) is 11.3 Å². The molecule has 0 radical (unpaired) electrons. The summed E-state index contributed by atoms with van der Waals surface area (Å²) in [5, 5.41) is 10.2. The minimum absolute atomic E-state index is 0.296. The fourth-order valence-electron chi connectivity index (χ4n) is 2.06. The van der Waals surface area contributed by atoms with Crippen molar-refractivity contribution in [2.24, 2.45) is 0 Å². The van der Waals surface area contributed by atoms with Crippen molar-refractivity contribution in [2.45, 2.75) is 26.4 Å². The second kappa shape index (κ2) is 5.45. The first kappa shape index (κ1) is 13.6. The van der Waals surface area contributed by atoms with E-state index >= 15 is 0 Å². The molecule has 0 saturated heterocycles. The third-order valence-corrected chi connectivity index (χ3v) is 3.16. The largest absolute Gasteiger partial charge is 0.382 e. The number of hydrogen-bond acceptors (Lipinski definition) is 2. The first-order valence-electron chi connectivity index (χ1n) is 6.12. The van der Waals surface area contributed by atoms with E-state index in [2.05, 4.69) is 4.98 Å². The van der Waals surface area contributed by atoms with Crippen molar-refractivity contribution in [3.05, 3.63) is 64.5 Å². The van der Waals surface area contributed by atoms with E-state index < -0.39 is 17.7 Å². The third kappa shape index (κ3) is 2.49. The highest BCUT2D eigenvalue weighted by atomic mass is 19.1. The average molecular weight is 263 g/mol. The molecule has 1 atom stereocenters. The Kier molecular flexibility index (Phi) is 3.90. The zero-order valence-corrected chi connectivity index (χ0v) is 10.8. The number of aliphatic hydroxyl groups is 1. The van der Waals surface area contributed by atoms with E-state index in [1.807, 2.05) is 6.92 Å². The van der Waals surface area contributed by atoms with Crippen LogP contribution in [0.3, 0.4) is 0 Å². The zero-order valence-electron chi connectivity index (χ0n) is 10.8. The van der Waals surface area contributed by atoms with Crippen molar-refractivity contribution >= 4 is 0 Å². The van der Waals surface area contributed by atoms with Gasteiger partial charge in [0.15, 0.2) is 0 Å². The number of aromatic nitrogens is 1. The van der Waals surface area contributed by atoms with Crippen molar-refractivity contribution < 1.29 is 13.9 Å². The van der Waals surface area contributed by atoms with E-state index in [9.17, 15) is 13.9 Å². The van der Waals surface area contributed by atoms with E-state index in [0.29, 0.717) is 17.7 Å². The summed E-state index contributed by atoms with van der Waals surface area (Å²) in [5.74, 6) is -1.48. The number of benzene rings is 1. The Morgan fingerprint density at radius 2 is 2.00 bits per heavy atom. The van der Waals surface area contributed by atoms with Gasteiger partial charge in [-0.3, -0.25) is 4.98 Å². The minimum atomic E-state index is -1.39. The molecule has 100 valence electrons. The summed E-state index contributed by atoms with van der Waals surface area (Å²) in [6.07, 6.45) is 0.745. The molecule has 2 aromatic rings. The number of aryl methyl sites for hydroxylation is 2. The van der Waals surface area contributed by atoms with Crippen LogP contribution in [0, 0.1) is 18.6 Å². The lowest BCUT2D eigenvalue weighted by Gasteiger charge is -2.16. The molecular weight excluding hydrogens is 248 g/mol.